The molecular weight excluding hydrogens is 751 g/mol. The monoisotopic (exact) mass is 849 g/mol. The quantitative estimate of drug-likeness (QED) is 0.0282. The second kappa shape index (κ2) is 43.5. The molecule has 60 heavy (non-hydrogen) atoms. The van der Waals surface area contributed by atoms with Crippen molar-refractivity contribution in [1.82, 2.24) is 0 Å². The Bertz CT molecular complexity index is 1040. The molecule has 8 heteroatoms. The van der Waals surface area contributed by atoms with Gasteiger partial charge in [0.2, 0.25) is 0 Å². The lowest BCUT2D eigenvalue weighted by molar-refractivity contribution is -0.887. The van der Waals surface area contributed by atoms with Crippen LogP contribution in [-0.2, 0) is 28.6 Å². The van der Waals surface area contributed by atoms with Crippen molar-refractivity contribution in [1.29, 1.82) is 0 Å². The molecule has 352 valence electrons. The van der Waals surface area contributed by atoms with E-state index in [2.05, 4.69) is 38.2 Å². The molecular formula is C52H98NO7+. The van der Waals surface area contributed by atoms with E-state index >= 15 is 0 Å². The number of carbonyl (C=O) groups is 3. The molecule has 0 aromatic heterocycles. The third-order valence-electron chi connectivity index (χ3n) is 11.6. The molecule has 0 aliphatic carbocycles. The van der Waals surface area contributed by atoms with Gasteiger partial charge in [0.25, 0.3) is 0 Å². The van der Waals surface area contributed by atoms with E-state index < -0.39 is 18.1 Å². The van der Waals surface area contributed by atoms with Crippen molar-refractivity contribution in [2.45, 2.75) is 251 Å². The van der Waals surface area contributed by atoms with Gasteiger partial charge < -0.3 is 23.8 Å². The van der Waals surface area contributed by atoms with Crippen molar-refractivity contribution in [3.8, 4) is 0 Å². The number of carbonyl (C=O) groups excluding carboxylic acids is 2. The average molecular weight is 849 g/mol. The number of allylic oxidation sites excluding steroid dienone is 4. The maximum atomic E-state index is 12.8. The van der Waals surface area contributed by atoms with Crippen molar-refractivity contribution in [2.24, 2.45) is 0 Å². The lowest BCUT2D eigenvalue weighted by atomic mass is 10.0. The summed E-state index contributed by atoms with van der Waals surface area (Å²) in [6.45, 7) is 4.76. The van der Waals surface area contributed by atoms with E-state index in [1.807, 2.05) is 21.1 Å². The van der Waals surface area contributed by atoms with Crippen molar-refractivity contribution >= 4 is 17.9 Å². The second-order valence-corrected chi connectivity index (χ2v) is 18.4. The largest absolute Gasteiger partial charge is 0.477 e. The molecule has 0 bridgehead atoms. The predicted molar refractivity (Wildman–Crippen MR) is 252 cm³/mol. The van der Waals surface area contributed by atoms with Gasteiger partial charge in [0.1, 0.15) is 6.61 Å². The molecule has 0 radical (unpaired) electrons. The fourth-order valence-corrected chi connectivity index (χ4v) is 7.65. The molecule has 0 spiro atoms. The van der Waals surface area contributed by atoms with Crippen LogP contribution < -0.4 is 0 Å². The summed E-state index contributed by atoms with van der Waals surface area (Å²) < 4.78 is 17.3. The summed E-state index contributed by atoms with van der Waals surface area (Å²) in [7, 11) is 5.54. The summed E-state index contributed by atoms with van der Waals surface area (Å²) in [5, 5.41) is 9.64. The zero-order valence-electron chi connectivity index (χ0n) is 40.2. The molecule has 0 saturated heterocycles. The summed E-state index contributed by atoms with van der Waals surface area (Å²) in [6.07, 6.45) is 49.4. The Hall–Kier alpha value is -2.19. The van der Waals surface area contributed by atoms with E-state index in [1.54, 1.807) is 0 Å². The number of esters is 2. The highest BCUT2D eigenvalue weighted by Crippen LogP contribution is 2.16. The third kappa shape index (κ3) is 41.2. The number of carboxylic acids is 1. The number of nitrogens with zero attached hydrogens (tertiary/aromatic N) is 1. The van der Waals surface area contributed by atoms with Crippen LogP contribution in [0, 0.1) is 0 Å². The smallest absolute Gasteiger partial charge is 0.362 e. The summed E-state index contributed by atoms with van der Waals surface area (Å²) >= 11 is 0. The van der Waals surface area contributed by atoms with Crippen molar-refractivity contribution < 1.29 is 38.2 Å². The van der Waals surface area contributed by atoms with E-state index in [9.17, 15) is 19.5 Å². The number of aliphatic carboxylic acids is 1. The minimum absolute atomic E-state index is 0.0495. The van der Waals surface area contributed by atoms with Gasteiger partial charge in [-0.25, -0.2) is 4.79 Å². The summed E-state index contributed by atoms with van der Waals surface area (Å²) in [4.78, 5) is 37.1. The highest BCUT2D eigenvalue weighted by atomic mass is 16.6. The number of likely N-dealkylation sites (N-methyl/N-ethyl adjacent to an activating group) is 1. The number of unbranched alkanes of at least 4 members (excludes halogenated alkanes) is 28. The van der Waals surface area contributed by atoms with Gasteiger partial charge in [-0.2, -0.15) is 0 Å². The van der Waals surface area contributed by atoms with Crippen LogP contribution in [0.25, 0.3) is 0 Å². The zero-order chi connectivity index (χ0) is 44.2. The van der Waals surface area contributed by atoms with Crippen LogP contribution in [0.5, 0.6) is 0 Å². The SMILES string of the molecule is CCCCCCCCCC/C=C/C/C=C/CCCCCCCCCC(=O)OC(COCCC(C(=O)O)[N+](C)(C)C)COC(=O)CCCCCCCCCCCCCCCC. The minimum Gasteiger partial charge on any atom is -0.477 e. The number of hydrogen-bond donors (Lipinski definition) is 1. The molecule has 0 aliphatic rings. The molecule has 8 nitrogen and oxygen atoms in total. The molecule has 0 aliphatic heterocycles. The van der Waals surface area contributed by atoms with E-state index in [0.717, 1.165) is 51.4 Å². The Kier molecular flexibility index (Phi) is 41.9. The van der Waals surface area contributed by atoms with Crippen LogP contribution >= 0.6 is 0 Å². The second-order valence-electron chi connectivity index (χ2n) is 18.4. The van der Waals surface area contributed by atoms with Crippen molar-refractivity contribution in [2.75, 3.05) is 41.0 Å². The molecule has 0 aromatic carbocycles. The first-order valence-electron chi connectivity index (χ1n) is 25.4. The van der Waals surface area contributed by atoms with Crippen LogP contribution in [0.1, 0.15) is 239 Å². The summed E-state index contributed by atoms with van der Waals surface area (Å²) in [5.41, 5.74) is 0. The first-order valence-corrected chi connectivity index (χ1v) is 25.4. The maximum Gasteiger partial charge on any atom is 0.362 e. The van der Waals surface area contributed by atoms with Crippen LogP contribution in [0.2, 0.25) is 0 Å². The number of rotatable bonds is 46. The molecule has 0 heterocycles. The highest BCUT2D eigenvalue weighted by molar-refractivity contribution is 5.72. The highest BCUT2D eigenvalue weighted by Gasteiger charge is 2.31. The van der Waals surface area contributed by atoms with Gasteiger partial charge in [-0.1, -0.05) is 199 Å². The van der Waals surface area contributed by atoms with E-state index in [0.29, 0.717) is 19.3 Å². The predicted octanol–water partition coefficient (Wildman–Crippen LogP) is 14.4. The molecule has 0 aromatic rings. The van der Waals surface area contributed by atoms with E-state index in [-0.39, 0.29) is 36.2 Å². The fraction of sp³-hybridized carbons (Fsp3) is 0.865. The summed E-state index contributed by atoms with van der Waals surface area (Å²) in [6, 6.07) is -0.614. The molecule has 1 N–H and O–H groups in total. The molecule has 2 atom stereocenters. The number of quaternary nitrogens is 1. The number of hydrogen-bond acceptors (Lipinski definition) is 6. The zero-order valence-corrected chi connectivity index (χ0v) is 40.2. The lowest BCUT2D eigenvalue weighted by Gasteiger charge is -2.31. The Balaban J connectivity index is 4.23. The average Bonchev–Trinajstić information content (AvgIpc) is 3.21. The van der Waals surface area contributed by atoms with Gasteiger partial charge in [-0.05, 0) is 44.9 Å². The van der Waals surface area contributed by atoms with Gasteiger partial charge in [0, 0.05) is 19.3 Å². The first-order chi connectivity index (χ1) is 29.1. The molecule has 0 amide bonds. The Morgan fingerprint density at radius 2 is 0.883 bits per heavy atom. The fourth-order valence-electron chi connectivity index (χ4n) is 7.65. The third-order valence-corrected chi connectivity index (χ3v) is 11.6. The van der Waals surface area contributed by atoms with Gasteiger partial charge in [0.05, 0.1) is 34.4 Å². The van der Waals surface area contributed by atoms with Gasteiger partial charge in [-0.15, -0.1) is 0 Å². The Morgan fingerprint density at radius 1 is 0.500 bits per heavy atom. The normalized spacial score (nSPS) is 13.0. The van der Waals surface area contributed by atoms with Crippen LogP contribution in [-0.4, -0.2) is 80.6 Å². The van der Waals surface area contributed by atoms with Crippen molar-refractivity contribution in [3.05, 3.63) is 24.3 Å². The maximum absolute atomic E-state index is 12.8. The molecule has 0 saturated carbocycles. The Labute approximate surface area is 371 Å². The topological polar surface area (TPSA) is 99.1 Å². The number of ether oxygens (including phenoxy) is 3. The van der Waals surface area contributed by atoms with E-state index in [4.69, 9.17) is 14.2 Å². The van der Waals surface area contributed by atoms with Crippen LogP contribution in [0.15, 0.2) is 24.3 Å². The molecule has 0 rings (SSSR count). The standard InChI is InChI=1S/C52H97NO7/c1-6-8-10-12-14-16-18-20-22-23-24-25-26-27-28-29-31-33-35-37-39-41-43-51(55)60-48(46-58-45-44-49(52(56)57)53(3,4)5)47-59-50(54)42-40-38-36-34-32-30-21-19-17-15-13-11-9-7-2/h23-24,26-27,48-49H,6-22,25,28-47H2,1-5H3/p+1/b24-23+,27-26+. The van der Waals surface area contributed by atoms with Gasteiger partial charge >= 0.3 is 17.9 Å². The van der Waals surface area contributed by atoms with Crippen molar-refractivity contribution in [3.63, 3.8) is 0 Å². The first kappa shape index (κ1) is 57.8. The lowest BCUT2D eigenvalue weighted by Crippen LogP contribution is -2.50. The Morgan fingerprint density at radius 3 is 1.28 bits per heavy atom. The van der Waals surface area contributed by atoms with E-state index in [1.165, 1.54) is 154 Å². The van der Waals surface area contributed by atoms with Gasteiger partial charge in [0.15, 0.2) is 12.1 Å². The number of carboxylic acid groups (broad SMARTS) is 1. The molecule has 0 fully saturated rings. The van der Waals surface area contributed by atoms with Gasteiger partial charge in [-0.3, -0.25) is 9.59 Å². The van der Waals surface area contributed by atoms with Crippen LogP contribution in [0.4, 0.5) is 0 Å². The molecule has 2 unspecified atom stereocenters. The summed E-state index contributed by atoms with van der Waals surface area (Å²) in [5.74, 6) is -1.46. The minimum atomic E-state index is -0.873. The van der Waals surface area contributed by atoms with Crippen LogP contribution in [0.3, 0.4) is 0 Å².